The van der Waals surface area contributed by atoms with Crippen LogP contribution in [0.1, 0.15) is 15.9 Å². The molecule has 0 aromatic heterocycles. The van der Waals surface area contributed by atoms with Gasteiger partial charge in [0.25, 0.3) is 0 Å². The van der Waals surface area contributed by atoms with E-state index in [1.54, 1.807) is 6.07 Å². The zero-order valence-electron chi connectivity index (χ0n) is 14.0. The molecule has 1 N–H and O–H groups in total. The minimum Gasteiger partial charge on any atom is -0.462 e. The molecule has 23 heavy (non-hydrogen) atoms. The summed E-state index contributed by atoms with van der Waals surface area (Å²) >= 11 is 0. The summed E-state index contributed by atoms with van der Waals surface area (Å²) in [7, 11) is -1.24. The maximum atomic E-state index is 12.5. The number of rotatable bonds is 6. The van der Waals surface area contributed by atoms with Crippen molar-refractivity contribution in [2.45, 2.75) is 32.3 Å². The average molecular weight is 328 g/mol. The first-order valence-corrected chi connectivity index (χ1v) is 11.6. The van der Waals surface area contributed by atoms with Crippen LogP contribution in [0.3, 0.4) is 0 Å². The molecule has 2 aromatic rings. The van der Waals surface area contributed by atoms with Crippen molar-refractivity contribution in [3.05, 3.63) is 59.7 Å². The van der Waals surface area contributed by atoms with Gasteiger partial charge in [0, 0.05) is 8.07 Å². The molecule has 0 spiro atoms. The van der Waals surface area contributed by atoms with Gasteiger partial charge < -0.3 is 9.84 Å². The van der Waals surface area contributed by atoms with Gasteiger partial charge in [0.2, 0.25) is 0 Å². The highest BCUT2D eigenvalue weighted by Crippen LogP contribution is 2.26. The van der Waals surface area contributed by atoms with E-state index in [0.717, 1.165) is 17.2 Å². The van der Waals surface area contributed by atoms with Gasteiger partial charge in [-0.05, 0) is 28.8 Å². The summed E-state index contributed by atoms with van der Waals surface area (Å²) in [5.74, 6) is -0.322. The van der Waals surface area contributed by atoms with Gasteiger partial charge in [-0.3, -0.25) is 0 Å². The minimum atomic E-state index is -1.24. The van der Waals surface area contributed by atoms with Crippen LogP contribution in [-0.2, 0) is 11.3 Å². The van der Waals surface area contributed by atoms with E-state index in [0.29, 0.717) is 17.7 Å². The van der Waals surface area contributed by atoms with Gasteiger partial charge in [-0.1, -0.05) is 62.1 Å². The second-order valence-corrected chi connectivity index (χ2v) is 12.5. The quantitative estimate of drug-likeness (QED) is 0.634. The minimum absolute atomic E-state index is 0.0930. The third kappa shape index (κ3) is 5.05. The van der Waals surface area contributed by atoms with Crippen molar-refractivity contribution < 1.29 is 14.6 Å². The molecule has 0 bridgehead atoms. The predicted octanol–water partition coefficient (Wildman–Crippen LogP) is 4.34. The van der Waals surface area contributed by atoms with Gasteiger partial charge in [0.05, 0.1) is 18.8 Å². The maximum absolute atomic E-state index is 12.5. The first-order valence-electron chi connectivity index (χ1n) is 7.87. The highest BCUT2D eigenvalue weighted by atomic mass is 28.3. The summed E-state index contributed by atoms with van der Waals surface area (Å²) in [5, 5.41) is 9.34. The molecule has 4 heteroatoms. The van der Waals surface area contributed by atoms with Crippen molar-refractivity contribution in [2.75, 3.05) is 6.61 Å². The third-order valence-corrected chi connectivity index (χ3v) is 5.36. The van der Waals surface area contributed by atoms with E-state index in [-0.39, 0.29) is 12.6 Å². The van der Waals surface area contributed by atoms with Crippen molar-refractivity contribution in [1.82, 2.24) is 0 Å². The zero-order chi connectivity index (χ0) is 16.9. The number of benzene rings is 2. The van der Waals surface area contributed by atoms with Gasteiger partial charge in [-0.25, -0.2) is 4.79 Å². The Labute approximate surface area is 138 Å². The molecule has 0 aliphatic heterocycles. The van der Waals surface area contributed by atoms with Crippen LogP contribution in [0, 0.1) is 0 Å². The molecule has 122 valence electrons. The summed E-state index contributed by atoms with van der Waals surface area (Å²) < 4.78 is 5.48. The Balaban J connectivity index is 2.26. The van der Waals surface area contributed by atoms with Crippen molar-refractivity contribution in [1.29, 1.82) is 0 Å². The lowest BCUT2D eigenvalue weighted by molar-refractivity contribution is 0.0526. The Bertz CT molecular complexity index is 660. The molecule has 0 aliphatic rings. The number of hydrogen-bond donors (Lipinski definition) is 1. The SMILES string of the molecule is C[Si](C)(C)CCOC(=O)c1cc(CO)ccc1-c1ccccc1. The molecule has 2 rings (SSSR count). The Hall–Kier alpha value is -1.91. The van der Waals surface area contributed by atoms with Crippen LogP contribution in [0.2, 0.25) is 25.7 Å². The molecule has 0 saturated carbocycles. The summed E-state index contributed by atoms with van der Waals surface area (Å²) in [6, 6.07) is 16.1. The Morgan fingerprint density at radius 2 is 1.78 bits per heavy atom. The summed E-state index contributed by atoms with van der Waals surface area (Å²) in [4.78, 5) is 12.5. The molecule has 0 radical (unpaired) electrons. The maximum Gasteiger partial charge on any atom is 0.338 e. The van der Waals surface area contributed by atoms with Gasteiger partial charge in [0.1, 0.15) is 0 Å². The van der Waals surface area contributed by atoms with E-state index in [1.807, 2.05) is 42.5 Å². The number of aliphatic hydroxyl groups excluding tert-OH is 1. The molecular weight excluding hydrogens is 304 g/mol. The molecule has 0 amide bonds. The van der Waals surface area contributed by atoms with Crippen molar-refractivity contribution in [2.24, 2.45) is 0 Å². The van der Waals surface area contributed by atoms with Gasteiger partial charge in [0.15, 0.2) is 0 Å². The Morgan fingerprint density at radius 3 is 2.39 bits per heavy atom. The molecule has 2 aromatic carbocycles. The smallest absolute Gasteiger partial charge is 0.338 e. The van der Waals surface area contributed by atoms with E-state index < -0.39 is 8.07 Å². The molecule has 0 saturated heterocycles. The first kappa shape index (κ1) is 17.4. The normalized spacial score (nSPS) is 11.3. The highest BCUT2D eigenvalue weighted by molar-refractivity contribution is 6.76. The number of carbonyl (C=O) groups excluding carboxylic acids is 1. The second-order valence-electron chi connectivity index (χ2n) is 6.85. The number of aliphatic hydroxyl groups is 1. The van der Waals surface area contributed by atoms with Crippen molar-refractivity contribution in [3.63, 3.8) is 0 Å². The fourth-order valence-electron chi connectivity index (χ4n) is 2.26. The Kier molecular flexibility index (Phi) is 5.74. The van der Waals surface area contributed by atoms with E-state index in [4.69, 9.17) is 4.74 Å². The lowest BCUT2D eigenvalue weighted by Crippen LogP contribution is -2.22. The van der Waals surface area contributed by atoms with Crippen LogP contribution in [0.4, 0.5) is 0 Å². The first-order chi connectivity index (χ1) is 10.9. The number of carbonyl (C=O) groups is 1. The van der Waals surface area contributed by atoms with E-state index in [9.17, 15) is 9.90 Å². The lowest BCUT2D eigenvalue weighted by Gasteiger charge is -2.16. The molecular formula is C19H24O3Si. The number of ether oxygens (including phenoxy) is 1. The standard InChI is InChI=1S/C19H24O3Si/c1-23(2,3)12-11-22-19(21)18-13-15(14-20)9-10-17(18)16-7-5-4-6-8-16/h4-10,13,20H,11-12,14H2,1-3H3. The van der Waals surface area contributed by atoms with Gasteiger partial charge in [-0.15, -0.1) is 0 Å². The summed E-state index contributed by atoms with van der Waals surface area (Å²) in [5.41, 5.74) is 3.02. The molecule has 0 heterocycles. The molecule has 0 fully saturated rings. The fourth-order valence-corrected chi connectivity index (χ4v) is 2.97. The molecule has 0 unspecified atom stereocenters. The van der Waals surface area contributed by atoms with E-state index in [2.05, 4.69) is 19.6 Å². The lowest BCUT2D eigenvalue weighted by atomic mass is 9.97. The van der Waals surface area contributed by atoms with Crippen LogP contribution in [0.25, 0.3) is 11.1 Å². The number of hydrogen-bond acceptors (Lipinski definition) is 3. The van der Waals surface area contributed by atoms with E-state index in [1.165, 1.54) is 0 Å². The van der Waals surface area contributed by atoms with Crippen molar-refractivity contribution in [3.8, 4) is 11.1 Å². The summed E-state index contributed by atoms with van der Waals surface area (Å²) in [6.07, 6.45) is 0. The van der Waals surface area contributed by atoms with Crippen LogP contribution in [0.15, 0.2) is 48.5 Å². The van der Waals surface area contributed by atoms with Crippen LogP contribution in [0.5, 0.6) is 0 Å². The predicted molar refractivity (Wildman–Crippen MR) is 96.2 cm³/mol. The van der Waals surface area contributed by atoms with E-state index >= 15 is 0 Å². The van der Waals surface area contributed by atoms with Gasteiger partial charge in [-0.2, -0.15) is 0 Å². The molecule has 3 nitrogen and oxygen atoms in total. The summed E-state index contributed by atoms with van der Waals surface area (Å²) in [6.45, 7) is 7.12. The zero-order valence-corrected chi connectivity index (χ0v) is 15.0. The topological polar surface area (TPSA) is 46.5 Å². The third-order valence-electron chi connectivity index (χ3n) is 3.66. The number of esters is 1. The van der Waals surface area contributed by atoms with Crippen LogP contribution in [-0.4, -0.2) is 25.8 Å². The second kappa shape index (κ2) is 7.57. The fraction of sp³-hybridized carbons (Fsp3) is 0.316. The molecule has 0 atom stereocenters. The highest BCUT2D eigenvalue weighted by Gasteiger charge is 2.17. The average Bonchev–Trinajstić information content (AvgIpc) is 2.53. The molecule has 0 aliphatic carbocycles. The van der Waals surface area contributed by atoms with Crippen LogP contribution < -0.4 is 0 Å². The largest absolute Gasteiger partial charge is 0.462 e. The van der Waals surface area contributed by atoms with Crippen molar-refractivity contribution >= 4 is 14.0 Å². The Morgan fingerprint density at radius 1 is 1.09 bits per heavy atom. The van der Waals surface area contributed by atoms with Gasteiger partial charge >= 0.3 is 5.97 Å². The van der Waals surface area contributed by atoms with Crippen LogP contribution >= 0.6 is 0 Å². The monoisotopic (exact) mass is 328 g/mol.